The van der Waals surface area contributed by atoms with Crippen molar-refractivity contribution in [2.75, 3.05) is 25.5 Å². The number of hydrogen-bond acceptors (Lipinski definition) is 6. The number of amides is 2. The lowest BCUT2D eigenvalue weighted by Crippen LogP contribution is -2.30. The number of halogens is 1. The molecule has 4 rings (SSSR count). The summed E-state index contributed by atoms with van der Waals surface area (Å²) >= 11 is 0. The van der Waals surface area contributed by atoms with Crippen LogP contribution >= 0.6 is 0 Å². The second-order valence-electron chi connectivity index (χ2n) is 9.01. The summed E-state index contributed by atoms with van der Waals surface area (Å²) in [5.41, 5.74) is 0.411. The summed E-state index contributed by atoms with van der Waals surface area (Å²) in [5, 5.41) is 15.9. The SMILES string of the molecule is CN(CCO)C(=O)c1ccc(Oc2cc(C(=O)Nc3ccn(C)n3)cc3c2CC(C)(C)O3)cc1F. The van der Waals surface area contributed by atoms with Crippen molar-refractivity contribution < 1.29 is 28.6 Å². The summed E-state index contributed by atoms with van der Waals surface area (Å²) in [7, 11) is 3.23. The van der Waals surface area contributed by atoms with Crippen molar-refractivity contribution in [3.8, 4) is 17.2 Å². The van der Waals surface area contributed by atoms with Gasteiger partial charge in [-0.2, -0.15) is 5.10 Å². The van der Waals surface area contributed by atoms with Crippen molar-refractivity contribution in [1.82, 2.24) is 14.7 Å². The Labute approximate surface area is 202 Å². The maximum absolute atomic E-state index is 14.8. The largest absolute Gasteiger partial charge is 0.487 e. The summed E-state index contributed by atoms with van der Waals surface area (Å²) in [6, 6.07) is 8.83. The van der Waals surface area contributed by atoms with Gasteiger partial charge >= 0.3 is 0 Å². The Kier molecular flexibility index (Phi) is 6.49. The number of carbonyl (C=O) groups excluding carboxylic acids is 2. The van der Waals surface area contributed by atoms with Gasteiger partial charge in [0.2, 0.25) is 0 Å². The van der Waals surface area contributed by atoms with Crippen LogP contribution in [0, 0.1) is 5.82 Å². The van der Waals surface area contributed by atoms with Crippen LogP contribution in [-0.2, 0) is 13.5 Å². The highest BCUT2D eigenvalue weighted by Gasteiger charge is 2.34. The average Bonchev–Trinajstić information content (AvgIpc) is 3.34. The van der Waals surface area contributed by atoms with Gasteiger partial charge in [0.1, 0.15) is 28.7 Å². The first-order valence-electron chi connectivity index (χ1n) is 11.1. The summed E-state index contributed by atoms with van der Waals surface area (Å²) in [6.45, 7) is 3.71. The van der Waals surface area contributed by atoms with Gasteiger partial charge < -0.3 is 24.8 Å². The van der Waals surface area contributed by atoms with Gasteiger partial charge in [0.25, 0.3) is 11.8 Å². The summed E-state index contributed by atoms with van der Waals surface area (Å²) in [4.78, 5) is 26.5. The fourth-order valence-corrected chi connectivity index (χ4v) is 3.85. The lowest BCUT2D eigenvalue weighted by Gasteiger charge is -2.17. The minimum atomic E-state index is -0.755. The van der Waals surface area contributed by atoms with Crippen molar-refractivity contribution in [3.05, 3.63) is 65.1 Å². The number of nitrogens with zero attached hydrogens (tertiary/aromatic N) is 3. The Balaban J connectivity index is 1.63. The average molecular weight is 483 g/mol. The van der Waals surface area contributed by atoms with Gasteiger partial charge in [-0.1, -0.05) is 0 Å². The highest BCUT2D eigenvalue weighted by molar-refractivity contribution is 6.04. The molecule has 2 N–H and O–H groups in total. The minimum absolute atomic E-state index is 0.0891. The minimum Gasteiger partial charge on any atom is -0.487 e. The standard InChI is InChI=1S/C25H27FN4O5/c1-25(2)14-18-20(34-16-5-6-17(19(26)13-16)24(33)29(3)9-10-31)11-15(12-21(18)35-25)23(32)27-22-7-8-30(4)28-22/h5-8,11-13,31H,9-10,14H2,1-4H3,(H,27,28,32). The van der Waals surface area contributed by atoms with E-state index in [1.165, 1.54) is 24.1 Å². The Morgan fingerprint density at radius 2 is 2.06 bits per heavy atom. The molecular formula is C25H27FN4O5. The molecule has 2 amide bonds. The number of carbonyl (C=O) groups is 2. The molecule has 1 aliphatic rings. The molecule has 2 heterocycles. The molecule has 9 nitrogen and oxygen atoms in total. The first-order chi connectivity index (χ1) is 16.6. The van der Waals surface area contributed by atoms with Gasteiger partial charge in [-0.15, -0.1) is 0 Å². The normalized spacial score (nSPS) is 13.7. The molecule has 0 atom stereocenters. The zero-order chi connectivity index (χ0) is 25.3. The molecule has 0 saturated heterocycles. The number of hydrogen-bond donors (Lipinski definition) is 2. The number of rotatable bonds is 7. The maximum Gasteiger partial charge on any atom is 0.257 e. The Bertz CT molecular complexity index is 1290. The molecule has 10 heteroatoms. The highest BCUT2D eigenvalue weighted by Crippen LogP contribution is 2.43. The van der Waals surface area contributed by atoms with Gasteiger partial charge in [-0.3, -0.25) is 14.3 Å². The van der Waals surface area contributed by atoms with Crippen LogP contribution in [0.4, 0.5) is 10.2 Å². The van der Waals surface area contributed by atoms with Gasteiger partial charge in [0.05, 0.1) is 12.2 Å². The van der Waals surface area contributed by atoms with Crippen LogP contribution in [0.2, 0.25) is 0 Å². The number of aliphatic hydroxyl groups excluding tert-OH is 1. The van der Waals surface area contributed by atoms with Crippen LogP contribution in [0.25, 0.3) is 0 Å². The molecule has 0 radical (unpaired) electrons. The van der Waals surface area contributed by atoms with Gasteiger partial charge in [-0.25, -0.2) is 4.39 Å². The number of aromatic nitrogens is 2. The number of fused-ring (bicyclic) bond motifs is 1. The quantitative estimate of drug-likeness (QED) is 0.535. The second kappa shape index (κ2) is 9.38. The van der Waals surface area contributed by atoms with Crippen molar-refractivity contribution >= 4 is 17.6 Å². The van der Waals surface area contributed by atoms with Gasteiger partial charge in [0.15, 0.2) is 5.82 Å². The zero-order valence-corrected chi connectivity index (χ0v) is 20.0. The van der Waals surface area contributed by atoms with E-state index in [0.29, 0.717) is 29.3 Å². The van der Waals surface area contributed by atoms with E-state index < -0.39 is 23.2 Å². The number of likely N-dealkylation sites (N-methyl/N-ethyl adjacent to an activating group) is 1. The van der Waals surface area contributed by atoms with E-state index in [9.17, 15) is 14.0 Å². The van der Waals surface area contributed by atoms with Crippen LogP contribution in [0.3, 0.4) is 0 Å². The molecule has 35 heavy (non-hydrogen) atoms. The molecule has 3 aromatic rings. The van der Waals surface area contributed by atoms with E-state index in [1.807, 2.05) is 13.8 Å². The molecular weight excluding hydrogens is 455 g/mol. The molecule has 0 spiro atoms. The number of aryl methyl sites for hydroxylation is 1. The third-order valence-electron chi connectivity index (χ3n) is 5.56. The number of aliphatic hydroxyl groups is 1. The number of nitrogens with one attached hydrogen (secondary N) is 1. The van der Waals surface area contributed by atoms with Gasteiger partial charge in [0, 0.05) is 56.5 Å². The van der Waals surface area contributed by atoms with Crippen molar-refractivity contribution in [1.29, 1.82) is 0 Å². The molecule has 1 aromatic heterocycles. The first kappa shape index (κ1) is 24.2. The monoisotopic (exact) mass is 482 g/mol. The van der Waals surface area contributed by atoms with Crippen LogP contribution in [-0.4, -0.2) is 57.4 Å². The lowest BCUT2D eigenvalue weighted by atomic mass is 9.99. The van der Waals surface area contributed by atoms with Crippen molar-refractivity contribution in [2.24, 2.45) is 7.05 Å². The zero-order valence-electron chi connectivity index (χ0n) is 20.0. The van der Waals surface area contributed by atoms with E-state index in [4.69, 9.17) is 14.6 Å². The molecule has 0 bridgehead atoms. The van der Waals surface area contributed by atoms with E-state index in [1.54, 1.807) is 36.1 Å². The van der Waals surface area contributed by atoms with Gasteiger partial charge in [-0.05, 0) is 38.1 Å². The van der Waals surface area contributed by atoms with E-state index in [0.717, 1.165) is 11.6 Å². The predicted octanol–water partition coefficient (Wildman–Crippen LogP) is 3.38. The highest BCUT2D eigenvalue weighted by atomic mass is 19.1. The number of anilines is 1. The Hall–Kier alpha value is -3.92. The van der Waals surface area contributed by atoms with Crippen LogP contribution in [0.5, 0.6) is 17.2 Å². The topological polar surface area (TPSA) is 106 Å². The van der Waals surface area contributed by atoms with Crippen molar-refractivity contribution in [2.45, 2.75) is 25.9 Å². The fourth-order valence-electron chi connectivity index (χ4n) is 3.85. The Morgan fingerprint density at radius 1 is 1.29 bits per heavy atom. The van der Waals surface area contributed by atoms with Crippen LogP contribution in [0.1, 0.15) is 40.1 Å². The van der Waals surface area contributed by atoms with Crippen LogP contribution < -0.4 is 14.8 Å². The van der Waals surface area contributed by atoms with Crippen molar-refractivity contribution in [3.63, 3.8) is 0 Å². The molecule has 2 aromatic carbocycles. The van der Waals surface area contributed by atoms with E-state index in [-0.39, 0.29) is 24.5 Å². The smallest absolute Gasteiger partial charge is 0.257 e. The Morgan fingerprint density at radius 3 is 2.71 bits per heavy atom. The first-order valence-corrected chi connectivity index (χ1v) is 11.1. The summed E-state index contributed by atoms with van der Waals surface area (Å²) < 4.78 is 28.4. The number of benzene rings is 2. The molecule has 0 aliphatic carbocycles. The second-order valence-corrected chi connectivity index (χ2v) is 9.01. The molecule has 0 unspecified atom stereocenters. The van der Waals surface area contributed by atoms with E-state index >= 15 is 0 Å². The summed E-state index contributed by atoms with van der Waals surface area (Å²) in [6.07, 6.45) is 2.24. The maximum atomic E-state index is 14.8. The fraction of sp³-hybridized carbons (Fsp3) is 0.320. The molecule has 184 valence electrons. The predicted molar refractivity (Wildman–Crippen MR) is 127 cm³/mol. The van der Waals surface area contributed by atoms with E-state index in [2.05, 4.69) is 10.4 Å². The summed E-state index contributed by atoms with van der Waals surface area (Å²) in [5.74, 6) is -0.273. The van der Waals surface area contributed by atoms with Crippen LogP contribution in [0.15, 0.2) is 42.6 Å². The number of ether oxygens (including phenoxy) is 2. The third kappa shape index (κ3) is 5.27. The lowest BCUT2D eigenvalue weighted by molar-refractivity contribution is 0.0762. The third-order valence-corrected chi connectivity index (χ3v) is 5.56. The molecule has 1 aliphatic heterocycles. The molecule has 0 saturated carbocycles. The molecule has 0 fully saturated rings.